The van der Waals surface area contributed by atoms with Gasteiger partial charge in [0.25, 0.3) is 5.91 Å². The molecule has 0 unspecified atom stereocenters. The SMILES string of the molecule is Cc1cc(Cl)cc(C(=O)N2CCCNCC2)c1.Cl. The average Bonchev–Trinajstić information content (AvgIpc) is 2.55. The summed E-state index contributed by atoms with van der Waals surface area (Å²) in [6, 6.07) is 5.50. The lowest BCUT2D eigenvalue weighted by Gasteiger charge is -2.20. The van der Waals surface area contributed by atoms with Gasteiger partial charge in [0.15, 0.2) is 0 Å². The average molecular weight is 289 g/mol. The molecule has 1 saturated heterocycles. The van der Waals surface area contributed by atoms with E-state index in [-0.39, 0.29) is 18.3 Å². The molecule has 1 aromatic rings. The standard InChI is InChI=1S/C13H17ClN2O.ClH/c1-10-7-11(9-12(14)8-10)13(17)16-5-2-3-15-4-6-16;/h7-9,15H,2-6H2,1H3;1H. The minimum atomic E-state index is 0. The monoisotopic (exact) mass is 288 g/mol. The fourth-order valence-corrected chi connectivity index (χ4v) is 2.38. The van der Waals surface area contributed by atoms with E-state index in [9.17, 15) is 4.79 Å². The Morgan fingerprint density at radius 1 is 1.28 bits per heavy atom. The number of aryl methyl sites for hydroxylation is 1. The van der Waals surface area contributed by atoms with Crippen molar-refractivity contribution in [3.05, 3.63) is 34.3 Å². The van der Waals surface area contributed by atoms with Crippen molar-refractivity contribution < 1.29 is 4.79 Å². The number of benzene rings is 1. The summed E-state index contributed by atoms with van der Waals surface area (Å²) in [7, 11) is 0. The van der Waals surface area contributed by atoms with Crippen molar-refractivity contribution in [1.82, 2.24) is 10.2 Å². The Hall–Kier alpha value is -0.770. The van der Waals surface area contributed by atoms with Gasteiger partial charge in [-0.15, -0.1) is 12.4 Å². The van der Waals surface area contributed by atoms with E-state index < -0.39 is 0 Å². The predicted molar refractivity (Wildman–Crippen MR) is 76.8 cm³/mol. The van der Waals surface area contributed by atoms with Crippen molar-refractivity contribution in [2.45, 2.75) is 13.3 Å². The summed E-state index contributed by atoms with van der Waals surface area (Å²) in [5.74, 6) is 0.0827. The van der Waals surface area contributed by atoms with Crippen LogP contribution in [0.3, 0.4) is 0 Å². The second kappa shape index (κ2) is 6.98. The van der Waals surface area contributed by atoms with Gasteiger partial charge in [-0.3, -0.25) is 4.79 Å². The van der Waals surface area contributed by atoms with Crippen LogP contribution < -0.4 is 5.32 Å². The minimum absolute atomic E-state index is 0. The molecule has 1 aliphatic rings. The van der Waals surface area contributed by atoms with Crippen LogP contribution in [0.15, 0.2) is 18.2 Å². The third-order valence-electron chi connectivity index (χ3n) is 2.92. The summed E-state index contributed by atoms with van der Waals surface area (Å²) in [5, 5.41) is 3.91. The highest BCUT2D eigenvalue weighted by Gasteiger charge is 2.17. The molecule has 1 aliphatic heterocycles. The van der Waals surface area contributed by atoms with E-state index in [1.807, 2.05) is 24.0 Å². The van der Waals surface area contributed by atoms with Gasteiger partial charge in [-0.05, 0) is 43.7 Å². The van der Waals surface area contributed by atoms with E-state index in [0.29, 0.717) is 10.6 Å². The van der Waals surface area contributed by atoms with Crippen LogP contribution in [-0.2, 0) is 0 Å². The highest BCUT2D eigenvalue weighted by molar-refractivity contribution is 6.31. The van der Waals surface area contributed by atoms with E-state index >= 15 is 0 Å². The fourth-order valence-electron chi connectivity index (χ4n) is 2.09. The molecule has 0 bridgehead atoms. The molecule has 1 heterocycles. The topological polar surface area (TPSA) is 32.3 Å². The zero-order valence-corrected chi connectivity index (χ0v) is 12.0. The van der Waals surface area contributed by atoms with Crippen molar-refractivity contribution in [3.8, 4) is 0 Å². The van der Waals surface area contributed by atoms with E-state index in [0.717, 1.165) is 38.2 Å². The summed E-state index contributed by atoms with van der Waals surface area (Å²) < 4.78 is 0. The van der Waals surface area contributed by atoms with Gasteiger partial charge in [-0.1, -0.05) is 11.6 Å². The van der Waals surface area contributed by atoms with E-state index in [1.54, 1.807) is 6.07 Å². The maximum absolute atomic E-state index is 12.3. The Kier molecular flexibility index (Phi) is 5.93. The molecule has 0 spiro atoms. The van der Waals surface area contributed by atoms with Crippen LogP contribution >= 0.6 is 24.0 Å². The Bertz CT molecular complexity index is 395. The zero-order valence-electron chi connectivity index (χ0n) is 10.4. The summed E-state index contributed by atoms with van der Waals surface area (Å²) in [6.07, 6.45) is 1.01. The number of carbonyl (C=O) groups excluding carboxylic acids is 1. The molecule has 1 aromatic carbocycles. The smallest absolute Gasteiger partial charge is 0.253 e. The first-order chi connectivity index (χ1) is 8.16. The predicted octanol–water partition coefficient (Wildman–Crippen LogP) is 2.51. The minimum Gasteiger partial charge on any atom is -0.337 e. The third kappa shape index (κ3) is 3.87. The van der Waals surface area contributed by atoms with E-state index in [1.165, 1.54) is 0 Å². The zero-order chi connectivity index (χ0) is 12.3. The van der Waals surface area contributed by atoms with Gasteiger partial charge in [0, 0.05) is 30.2 Å². The molecule has 0 aromatic heterocycles. The lowest BCUT2D eigenvalue weighted by Crippen LogP contribution is -2.34. The van der Waals surface area contributed by atoms with Crippen LogP contribution in [-0.4, -0.2) is 37.0 Å². The second-order valence-electron chi connectivity index (χ2n) is 4.41. The van der Waals surface area contributed by atoms with Crippen molar-refractivity contribution in [2.75, 3.05) is 26.2 Å². The molecule has 2 rings (SSSR count). The molecule has 1 amide bonds. The van der Waals surface area contributed by atoms with E-state index in [2.05, 4.69) is 5.32 Å². The second-order valence-corrected chi connectivity index (χ2v) is 4.85. The van der Waals surface area contributed by atoms with Crippen molar-refractivity contribution >= 4 is 29.9 Å². The number of carbonyl (C=O) groups is 1. The van der Waals surface area contributed by atoms with Crippen LogP contribution in [0.1, 0.15) is 22.3 Å². The first kappa shape index (κ1) is 15.3. The van der Waals surface area contributed by atoms with Crippen LogP contribution in [0.25, 0.3) is 0 Å². The Morgan fingerprint density at radius 2 is 2.06 bits per heavy atom. The molecule has 100 valence electrons. The molecular formula is C13H18Cl2N2O. The molecule has 18 heavy (non-hydrogen) atoms. The number of amides is 1. The number of nitrogens with one attached hydrogen (secondary N) is 1. The van der Waals surface area contributed by atoms with Crippen LogP contribution in [0.4, 0.5) is 0 Å². The number of hydrogen-bond acceptors (Lipinski definition) is 2. The highest BCUT2D eigenvalue weighted by Crippen LogP contribution is 2.16. The van der Waals surface area contributed by atoms with Gasteiger partial charge in [0.2, 0.25) is 0 Å². The van der Waals surface area contributed by atoms with Gasteiger partial charge >= 0.3 is 0 Å². The Morgan fingerprint density at radius 3 is 2.78 bits per heavy atom. The van der Waals surface area contributed by atoms with Gasteiger partial charge in [-0.25, -0.2) is 0 Å². The number of nitrogens with zero attached hydrogens (tertiary/aromatic N) is 1. The molecule has 1 fully saturated rings. The number of hydrogen-bond donors (Lipinski definition) is 1. The lowest BCUT2D eigenvalue weighted by molar-refractivity contribution is 0.0766. The van der Waals surface area contributed by atoms with Crippen molar-refractivity contribution in [2.24, 2.45) is 0 Å². The maximum atomic E-state index is 12.3. The molecule has 0 saturated carbocycles. The lowest BCUT2D eigenvalue weighted by atomic mass is 10.1. The fraction of sp³-hybridized carbons (Fsp3) is 0.462. The van der Waals surface area contributed by atoms with Gasteiger partial charge in [0.05, 0.1) is 0 Å². The Labute approximate surface area is 119 Å². The molecule has 0 aliphatic carbocycles. The van der Waals surface area contributed by atoms with E-state index in [4.69, 9.17) is 11.6 Å². The summed E-state index contributed by atoms with van der Waals surface area (Å²) >= 11 is 5.98. The van der Waals surface area contributed by atoms with Crippen LogP contribution in [0, 0.1) is 6.92 Å². The summed E-state index contributed by atoms with van der Waals surface area (Å²) in [4.78, 5) is 14.2. The summed E-state index contributed by atoms with van der Waals surface area (Å²) in [6.45, 7) is 5.39. The Balaban J connectivity index is 0.00000162. The molecule has 1 N–H and O–H groups in total. The summed E-state index contributed by atoms with van der Waals surface area (Å²) in [5.41, 5.74) is 1.71. The molecule has 5 heteroatoms. The first-order valence-electron chi connectivity index (χ1n) is 5.94. The molecular weight excluding hydrogens is 271 g/mol. The largest absolute Gasteiger partial charge is 0.337 e. The number of rotatable bonds is 1. The van der Waals surface area contributed by atoms with Crippen LogP contribution in [0.2, 0.25) is 5.02 Å². The normalized spacial score (nSPS) is 15.8. The quantitative estimate of drug-likeness (QED) is 0.861. The van der Waals surface area contributed by atoms with Crippen LogP contribution in [0.5, 0.6) is 0 Å². The van der Waals surface area contributed by atoms with Gasteiger partial charge in [-0.2, -0.15) is 0 Å². The molecule has 3 nitrogen and oxygen atoms in total. The molecule has 0 radical (unpaired) electrons. The van der Waals surface area contributed by atoms with Gasteiger partial charge < -0.3 is 10.2 Å². The highest BCUT2D eigenvalue weighted by atomic mass is 35.5. The molecule has 0 atom stereocenters. The van der Waals surface area contributed by atoms with Crippen molar-refractivity contribution in [3.63, 3.8) is 0 Å². The first-order valence-corrected chi connectivity index (χ1v) is 6.32. The third-order valence-corrected chi connectivity index (χ3v) is 3.13. The maximum Gasteiger partial charge on any atom is 0.253 e. The van der Waals surface area contributed by atoms with Crippen molar-refractivity contribution in [1.29, 1.82) is 0 Å². The number of halogens is 2. The van der Waals surface area contributed by atoms with Gasteiger partial charge in [0.1, 0.15) is 0 Å².